The van der Waals surface area contributed by atoms with Crippen LogP contribution in [-0.4, -0.2) is 52.9 Å². The molecule has 6 heteroatoms. The Balaban J connectivity index is 1.98. The van der Waals surface area contributed by atoms with Gasteiger partial charge in [-0.15, -0.1) is 5.10 Å². The summed E-state index contributed by atoms with van der Waals surface area (Å²) in [5, 5.41) is 12.9. The van der Waals surface area contributed by atoms with Gasteiger partial charge in [0.25, 0.3) is 0 Å². The van der Waals surface area contributed by atoms with E-state index in [9.17, 15) is 0 Å². The monoisotopic (exact) mass is 344 g/mol. The van der Waals surface area contributed by atoms with Crippen LogP contribution in [0.3, 0.4) is 0 Å². The second kappa shape index (κ2) is 7.62. The lowest BCUT2D eigenvalue weighted by molar-refractivity contribution is -1.02. The molecule has 1 atom stereocenters. The van der Waals surface area contributed by atoms with Crippen LogP contribution in [0.25, 0.3) is 0 Å². The fraction of sp³-hybridized carbons (Fsp3) is 0.632. The van der Waals surface area contributed by atoms with Crippen LogP contribution in [0.2, 0.25) is 0 Å². The summed E-state index contributed by atoms with van der Waals surface area (Å²) < 4.78 is 2.05. The molecule has 2 N–H and O–H groups in total. The van der Waals surface area contributed by atoms with Crippen LogP contribution in [0.15, 0.2) is 30.3 Å². The molecule has 1 aromatic heterocycles. The Hall–Kier alpha value is -1.79. The molecule has 1 aromatic carbocycles. The Bertz CT molecular complexity index is 658. The molecule has 2 aromatic rings. The number of rotatable bonds is 6. The molecule has 1 aliphatic heterocycles. The minimum Gasteiger partial charge on any atom is -0.326 e. The van der Waals surface area contributed by atoms with Crippen LogP contribution in [0.4, 0.5) is 0 Å². The maximum atomic E-state index is 4.50. The number of hydrogen-bond acceptors (Lipinski definition) is 3. The van der Waals surface area contributed by atoms with Crippen LogP contribution < -0.4 is 9.80 Å². The van der Waals surface area contributed by atoms with Crippen LogP contribution in [-0.2, 0) is 5.54 Å². The Morgan fingerprint density at radius 2 is 1.76 bits per heavy atom. The fourth-order valence-corrected chi connectivity index (χ4v) is 3.73. The Morgan fingerprint density at radius 1 is 1.08 bits per heavy atom. The standard InChI is InChI=1S/C19H30N6/c1-5-19(3,4)25-18(20-21-22-25)17(16-10-8-7-9-11-16)24-14-12-23(6-2)13-15-24/h7-11,17H,5-6,12-15H2,1-4H3/p+2/t17-/m0/s1. The zero-order valence-electron chi connectivity index (χ0n) is 16.0. The van der Waals surface area contributed by atoms with Crippen molar-refractivity contribution in [2.24, 2.45) is 0 Å². The van der Waals surface area contributed by atoms with Gasteiger partial charge in [0.1, 0.15) is 26.2 Å². The van der Waals surface area contributed by atoms with Crippen molar-refractivity contribution in [2.45, 2.75) is 45.7 Å². The molecule has 0 saturated carbocycles. The molecule has 0 aliphatic carbocycles. The normalized spacial score (nSPS) is 22.7. The minimum atomic E-state index is -0.0816. The Kier molecular flexibility index (Phi) is 5.49. The highest BCUT2D eigenvalue weighted by Gasteiger charge is 2.37. The van der Waals surface area contributed by atoms with E-state index < -0.39 is 0 Å². The van der Waals surface area contributed by atoms with Crippen molar-refractivity contribution >= 4 is 0 Å². The zero-order chi connectivity index (χ0) is 17.9. The predicted octanol–water partition coefficient (Wildman–Crippen LogP) is -0.289. The van der Waals surface area contributed by atoms with Crippen molar-refractivity contribution in [3.63, 3.8) is 0 Å². The number of quaternary nitrogens is 2. The summed E-state index contributed by atoms with van der Waals surface area (Å²) in [5.41, 5.74) is 1.22. The van der Waals surface area contributed by atoms with E-state index in [4.69, 9.17) is 0 Å². The van der Waals surface area contributed by atoms with Gasteiger partial charge in [0.15, 0.2) is 6.04 Å². The Morgan fingerprint density at radius 3 is 2.36 bits per heavy atom. The van der Waals surface area contributed by atoms with E-state index in [1.54, 1.807) is 9.80 Å². The third-order valence-corrected chi connectivity index (χ3v) is 5.83. The molecule has 0 unspecified atom stereocenters. The number of nitrogens with one attached hydrogen (secondary N) is 2. The van der Waals surface area contributed by atoms with Gasteiger partial charge in [-0.25, -0.2) is 4.68 Å². The number of hydrogen-bond donors (Lipinski definition) is 2. The van der Waals surface area contributed by atoms with E-state index in [2.05, 4.69) is 78.2 Å². The van der Waals surface area contributed by atoms with Crippen LogP contribution >= 0.6 is 0 Å². The first-order valence-corrected chi connectivity index (χ1v) is 9.58. The van der Waals surface area contributed by atoms with Crippen LogP contribution in [0.5, 0.6) is 0 Å². The van der Waals surface area contributed by atoms with Crippen molar-refractivity contribution in [1.29, 1.82) is 0 Å². The van der Waals surface area contributed by atoms with Gasteiger partial charge >= 0.3 is 0 Å². The van der Waals surface area contributed by atoms with Crippen molar-refractivity contribution in [3.8, 4) is 0 Å². The van der Waals surface area contributed by atoms with E-state index in [1.807, 2.05) is 0 Å². The van der Waals surface area contributed by atoms with Crippen molar-refractivity contribution in [2.75, 3.05) is 32.7 Å². The van der Waals surface area contributed by atoms with E-state index in [0.29, 0.717) is 0 Å². The summed E-state index contributed by atoms with van der Waals surface area (Å²) in [7, 11) is 0. The topological polar surface area (TPSA) is 52.5 Å². The second-order valence-corrected chi connectivity index (χ2v) is 7.72. The molecular formula is C19H32N6+2. The van der Waals surface area contributed by atoms with Crippen LogP contribution in [0.1, 0.15) is 51.5 Å². The number of piperazine rings is 1. The Labute approximate surface area is 150 Å². The van der Waals surface area contributed by atoms with Crippen LogP contribution in [0, 0.1) is 0 Å². The van der Waals surface area contributed by atoms with Gasteiger partial charge < -0.3 is 9.80 Å². The highest BCUT2D eigenvalue weighted by atomic mass is 15.6. The third-order valence-electron chi connectivity index (χ3n) is 5.83. The van der Waals surface area contributed by atoms with Gasteiger partial charge in [-0.1, -0.05) is 37.3 Å². The predicted molar refractivity (Wildman–Crippen MR) is 97.6 cm³/mol. The van der Waals surface area contributed by atoms with E-state index in [-0.39, 0.29) is 11.6 Å². The number of nitrogens with zero attached hydrogens (tertiary/aromatic N) is 4. The zero-order valence-corrected chi connectivity index (χ0v) is 16.0. The van der Waals surface area contributed by atoms with Gasteiger partial charge in [-0.3, -0.25) is 0 Å². The summed E-state index contributed by atoms with van der Waals surface area (Å²) >= 11 is 0. The average Bonchev–Trinajstić information content (AvgIpc) is 3.14. The van der Waals surface area contributed by atoms with E-state index >= 15 is 0 Å². The van der Waals surface area contributed by atoms with Gasteiger partial charge in [-0.2, -0.15) is 0 Å². The maximum Gasteiger partial charge on any atom is 0.214 e. The van der Waals surface area contributed by atoms with Crippen molar-refractivity contribution < 1.29 is 9.80 Å². The van der Waals surface area contributed by atoms with Gasteiger partial charge in [-0.05, 0) is 37.6 Å². The lowest BCUT2D eigenvalue weighted by atomic mass is 9.99. The molecule has 2 heterocycles. The summed E-state index contributed by atoms with van der Waals surface area (Å²) in [6.45, 7) is 14.8. The van der Waals surface area contributed by atoms with E-state index in [0.717, 1.165) is 25.3 Å². The van der Waals surface area contributed by atoms with Gasteiger partial charge in [0.05, 0.1) is 12.1 Å². The SMILES string of the molecule is CC[NH+]1CC[NH+]([C@@H](c2ccccc2)c2nnnn2C(C)(C)CC)CC1. The lowest BCUT2D eigenvalue weighted by Crippen LogP contribution is -3.28. The third kappa shape index (κ3) is 3.75. The number of likely N-dealkylation sites (N-methyl/N-ethyl adjacent to an activating group) is 1. The van der Waals surface area contributed by atoms with Gasteiger partial charge in [0.2, 0.25) is 5.82 Å². The summed E-state index contributed by atoms with van der Waals surface area (Å²) in [6, 6.07) is 10.9. The molecule has 1 fully saturated rings. The molecule has 0 spiro atoms. The molecule has 3 rings (SSSR count). The summed E-state index contributed by atoms with van der Waals surface area (Å²) in [4.78, 5) is 3.27. The quantitative estimate of drug-likeness (QED) is 0.757. The average molecular weight is 345 g/mol. The number of aromatic nitrogens is 4. The first kappa shape index (κ1) is 18.0. The number of tetrazole rings is 1. The number of benzene rings is 1. The molecular weight excluding hydrogens is 312 g/mol. The molecule has 1 aliphatic rings. The van der Waals surface area contributed by atoms with Crippen molar-refractivity contribution in [1.82, 2.24) is 20.2 Å². The smallest absolute Gasteiger partial charge is 0.214 e. The minimum absolute atomic E-state index is 0.0816. The first-order valence-electron chi connectivity index (χ1n) is 9.58. The molecule has 25 heavy (non-hydrogen) atoms. The molecule has 6 nitrogen and oxygen atoms in total. The molecule has 0 amide bonds. The largest absolute Gasteiger partial charge is 0.326 e. The highest BCUT2D eigenvalue weighted by molar-refractivity contribution is 5.22. The second-order valence-electron chi connectivity index (χ2n) is 7.72. The maximum absolute atomic E-state index is 4.50. The first-order chi connectivity index (χ1) is 12.1. The van der Waals surface area contributed by atoms with Gasteiger partial charge in [0, 0.05) is 5.56 Å². The van der Waals surface area contributed by atoms with Crippen molar-refractivity contribution in [3.05, 3.63) is 41.7 Å². The lowest BCUT2D eigenvalue weighted by Gasteiger charge is -2.35. The summed E-state index contributed by atoms with van der Waals surface area (Å²) in [6.07, 6.45) is 0.996. The molecule has 0 bridgehead atoms. The molecule has 0 radical (unpaired) electrons. The van der Waals surface area contributed by atoms with E-state index in [1.165, 1.54) is 25.2 Å². The molecule has 1 saturated heterocycles. The molecule has 136 valence electrons. The fourth-order valence-electron chi connectivity index (χ4n) is 3.73. The highest BCUT2D eigenvalue weighted by Crippen LogP contribution is 2.24. The summed E-state index contributed by atoms with van der Waals surface area (Å²) in [5.74, 6) is 0.994.